The molecular formula is C11H19NO3. The molecule has 2 fully saturated rings. The van der Waals surface area contributed by atoms with Gasteiger partial charge in [-0.25, -0.2) is 0 Å². The molecule has 0 aromatic carbocycles. The molecule has 1 heterocycles. The van der Waals surface area contributed by atoms with Crippen LogP contribution in [0.15, 0.2) is 0 Å². The van der Waals surface area contributed by atoms with Gasteiger partial charge >= 0.3 is 0 Å². The van der Waals surface area contributed by atoms with Crippen LogP contribution in [0.3, 0.4) is 0 Å². The van der Waals surface area contributed by atoms with Crippen LogP contribution in [0.25, 0.3) is 0 Å². The highest BCUT2D eigenvalue weighted by Crippen LogP contribution is 2.30. The van der Waals surface area contributed by atoms with E-state index in [0.717, 1.165) is 25.7 Å². The van der Waals surface area contributed by atoms with E-state index in [1.54, 1.807) is 4.90 Å². The lowest BCUT2D eigenvalue weighted by Gasteiger charge is -2.37. The van der Waals surface area contributed by atoms with Crippen molar-refractivity contribution in [3.05, 3.63) is 0 Å². The van der Waals surface area contributed by atoms with E-state index in [-0.39, 0.29) is 30.9 Å². The molecule has 1 aliphatic carbocycles. The highest BCUT2D eigenvalue weighted by Gasteiger charge is 2.37. The second-order valence-corrected chi connectivity index (χ2v) is 4.70. The van der Waals surface area contributed by atoms with Gasteiger partial charge in [0.25, 0.3) is 0 Å². The number of hydrogen-bond acceptors (Lipinski definition) is 3. The van der Waals surface area contributed by atoms with Crippen molar-refractivity contribution < 1.29 is 15.0 Å². The molecule has 3 atom stereocenters. The summed E-state index contributed by atoms with van der Waals surface area (Å²) in [5.74, 6) is 0.265. The minimum atomic E-state index is -0.501. The lowest BCUT2D eigenvalue weighted by Crippen LogP contribution is -2.44. The first-order valence-corrected chi connectivity index (χ1v) is 5.80. The van der Waals surface area contributed by atoms with Crippen LogP contribution < -0.4 is 0 Å². The number of rotatable bonds is 2. The van der Waals surface area contributed by atoms with E-state index >= 15 is 0 Å². The van der Waals surface area contributed by atoms with E-state index in [1.165, 1.54) is 0 Å². The van der Waals surface area contributed by atoms with Crippen molar-refractivity contribution in [1.82, 2.24) is 4.90 Å². The first kappa shape index (κ1) is 10.9. The van der Waals surface area contributed by atoms with Gasteiger partial charge in [0.15, 0.2) is 0 Å². The molecule has 1 saturated heterocycles. The Bertz CT molecular complexity index is 244. The summed E-state index contributed by atoms with van der Waals surface area (Å²) in [7, 11) is 0. The Kier molecular flexibility index (Phi) is 3.26. The quantitative estimate of drug-likeness (QED) is 0.685. The Morgan fingerprint density at radius 1 is 1.33 bits per heavy atom. The number of β-amino-alcohol motifs (C(OH)–C–C–N with tert-alkyl or cyclic N) is 1. The van der Waals surface area contributed by atoms with E-state index < -0.39 is 6.10 Å². The van der Waals surface area contributed by atoms with Crippen molar-refractivity contribution in [2.75, 3.05) is 13.2 Å². The van der Waals surface area contributed by atoms with Gasteiger partial charge in [-0.2, -0.15) is 0 Å². The summed E-state index contributed by atoms with van der Waals surface area (Å²) in [6, 6.07) is 0.161. The van der Waals surface area contributed by atoms with Gasteiger partial charge in [0.05, 0.1) is 12.5 Å². The molecule has 2 aliphatic rings. The summed E-state index contributed by atoms with van der Waals surface area (Å²) in [4.78, 5) is 13.4. The molecule has 0 bridgehead atoms. The third-order valence-electron chi connectivity index (χ3n) is 3.64. The number of carbonyl (C=O) groups excluding carboxylic acids is 1. The fraction of sp³-hybridized carbons (Fsp3) is 0.909. The van der Waals surface area contributed by atoms with Gasteiger partial charge in [0.2, 0.25) is 5.91 Å². The van der Waals surface area contributed by atoms with Crippen LogP contribution in [-0.4, -0.2) is 46.3 Å². The largest absolute Gasteiger partial charge is 0.396 e. The average molecular weight is 213 g/mol. The van der Waals surface area contributed by atoms with Crippen LogP contribution in [-0.2, 0) is 4.79 Å². The highest BCUT2D eigenvalue weighted by molar-refractivity contribution is 5.79. The van der Waals surface area contributed by atoms with Crippen molar-refractivity contribution in [3.8, 4) is 0 Å². The minimum Gasteiger partial charge on any atom is -0.396 e. The van der Waals surface area contributed by atoms with Gasteiger partial charge in [-0.15, -0.1) is 0 Å². The SMILES string of the molecule is O=C1CC(O)CN1C1CCCCC1CO. The molecule has 15 heavy (non-hydrogen) atoms. The van der Waals surface area contributed by atoms with Crippen molar-refractivity contribution in [2.24, 2.45) is 5.92 Å². The average Bonchev–Trinajstić information content (AvgIpc) is 2.57. The molecule has 0 aromatic rings. The van der Waals surface area contributed by atoms with Crippen molar-refractivity contribution >= 4 is 5.91 Å². The van der Waals surface area contributed by atoms with Crippen molar-refractivity contribution in [1.29, 1.82) is 0 Å². The van der Waals surface area contributed by atoms with Gasteiger partial charge in [-0.05, 0) is 12.8 Å². The van der Waals surface area contributed by atoms with Crippen LogP contribution >= 0.6 is 0 Å². The van der Waals surface area contributed by atoms with Gasteiger partial charge in [-0.1, -0.05) is 12.8 Å². The predicted molar refractivity (Wildman–Crippen MR) is 55.2 cm³/mol. The van der Waals surface area contributed by atoms with Crippen LogP contribution in [0.1, 0.15) is 32.1 Å². The molecule has 0 spiro atoms. The zero-order valence-corrected chi connectivity index (χ0v) is 8.93. The first-order valence-electron chi connectivity index (χ1n) is 5.80. The molecule has 1 saturated carbocycles. The van der Waals surface area contributed by atoms with E-state index in [4.69, 9.17) is 0 Å². The molecular weight excluding hydrogens is 194 g/mol. The van der Waals surface area contributed by atoms with Crippen LogP contribution in [0.5, 0.6) is 0 Å². The van der Waals surface area contributed by atoms with E-state index in [2.05, 4.69) is 0 Å². The lowest BCUT2D eigenvalue weighted by molar-refractivity contribution is -0.131. The molecule has 4 heteroatoms. The molecule has 0 radical (unpaired) electrons. The molecule has 0 aromatic heterocycles. The summed E-state index contributed by atoms with van der Waals surface area (Å²) in [6.07, 6.45) is 4.01. The Morgan fingerprint density at radius 3 is 2.67 bits per heavy atom. The minimum absolute atomic E-state index is 0.0489. The Labute approximate surface area is 89.9 Å². The normalized spacial score (nSPS) is 37.3. The molecule has 1 amide bonds. The van der Waals surface area contributed by atoms with Crippen molar-refractivity contribution in [2.45, 2.75) is 44.2 Å². The first-order chi connectivity index (χ1) is 7.22. The summed E-state index contributed by atoms with van der Waals surface area (Å²) >= 11 is 0. The number of likely N-dealkylation sites (tertiary alicyclic amines) is 1. The second-order valence-electron chi connectivity index (χ2n) is 4.70. The third kappa shape index (κ3) is 2.16. The Morgan fingerprint density at radius 2 is 2.07 bits per heavy atom. The van der Waals surface area contributed by atoms with Gasteiger partial charge in [0, 0.05) is 25.1 Å². The fourth-order valence-corrected chi connectivity index (χ4v) is 2.84. The summed E-state index contributed by atoms with van der Waals surface area (Å²) in [6.45, 7) is 0.616. The molecule has 2 N–H and O–H groups in total. The standard InChI is InChI=1S/C11H19NO3/c13-7-8-3-1-2-4-10(8)12-6-9(14)5-11(12)15/h8-10,13-14H,1-7H2. The van der Waals surface area contributed by atoms with Gasteiger partial charge < -0.3 is 15.1 Å². The maximum Gasteiger partial charge on any atom is 0.225 e. The van der Waals surface area contributed by atoms with E-state index in [0.29, 0.717) is 6.54 Å². The molecule has 86 valence electrons. The molecule has 4 nitrogen and oxygen atoms in total. The maximum absolute atomic E-state index is 11.6. The zero-order valence-electron chi connectivity index (χ0n) is 8.93. The van der Waals surface area contributed by atoms with Crippen LogP contribution in [0.2, 0.25) is 0 Å². The monoisotopic (exact) mass is 213 g/mol. The molecule has 3 unspecified atom stereocenters. The highest BCUT2D eigenvalue weighted by atomic mass is 16.3. The van der Waals surface area contributed by atoms with Crippen LogP contribution in [0.4, 0.5) is 0 Å². The Hall–Kier alpha value is -0.610. The molecule has 2 rings (SSSR count). The lowest BCUT2D eigenvalue weighted by atomic mass is 9.84. The van der Waals surface area contributed by atoms with Crippen LogP contribution in [0, 0.1) is 5.92 Å². The van der Waals surface area contributed by atoms with E-state index in [9.17, 15) is 15.0 Å². The summed E-state index contributed by atoms with van der Waals surface area (Å²) in [5, 5.41) is 18.7. The molecule has 1 aliphatic heterocycles. The third-order valence-corrected chi connectivity index (χ3v) is 3.64. The number of amides is 1. The van der Waals surface area contributed by atoms with Crippen molar-refractivity contribution in [3.63, 3.8) is 0 Å². The van der Waals surface area contributed by atoms with Gasteiger partial charge in [-0.3, -0.25) is 4.79 Å². The summed E-state index contributed by atoms with van der Waals surface area (Å²) in [5.41, 5.74) is 0. The van der Waals surface area contributed by atoms with E-state index in [1.807, 2.05) is 0 Å². The number of carbonyl (C=O) groups is 1. The maximum atomic E-state index is 11.6. The smallest absolute Gasteiger partial charge is 0.225 e. The number of nitrogens with zero attached hydrogens (tertiary/aromatic N) is 1. The number of aliphatic hydroxyl groups is 2. The zero-order chi connectivity index (χ0) is 10.8. The predicted octanol–water partition coefficient (Wildman–Crippen LogP) is 0.131. The topological polar surface area (TPSA) is 60.8 Å². The Balaban J connectivity index is 2.04. The summed E-state index contributed by atoms with van der Waals surface area (Å²) < 4.78 is 0. The second kappa shape index (κ2) is 4.49. The fourth-order valence-electron chi connectivity index (χ4n) is 2.84. The number of hydrogen-bond donors (Lipinski definition) is 2. The number of aliphatic hydroxyl groups excluding tert-OH is 2. The van der Waals surface area contributed by atoms with Gasteiger partial charge in [0.1, 0.15) is 0 Å².